The van der Waals surface area contributed by atoms with E-state index in [4.69, 9.17) is 5.73 Å². The molecule has 0 saturated carbocycles. The first-order valence-electron chi connectivity index (χ1n) is 5.41. The molecule has 2 aromatic heterocycles. The van der Waals surface area contributed by atoms with Crippen LogP contribution in [0.2, 0.25) is 0 Å². The molecule has 2 heterocycles. The van der Waals surface area contributed by atoms with Crippen molar-refractivity contribution in [3.63, 3.8) is 0 Å². The standard InChI is InChI=1S/C10H16N6/c1-3-4-7-16-9(10(11)13-14-16)8-5-6-12-15(8)2/h5-6H,3-4,7,11H2,1-2H3. The van der Waals surface area contributed by atoms with E-state index in [-0.39, 0.29) is 0 Å². The SMILES string of the molecule is CCCCn1nnc(N)c1-c1ccnn1C. The van der Waals surface area contributed by atoms with Gasteiger partial charge in [-0.15, -0.1) is 5.10 Å². The molecule has 2 aromatic rings. The average molecular weight is 220 g/mol. The number of aryl methyl sites for hydroxylation is 2. The van der Waals surface area contributed by atoms with Gasteiger partial charge in [0.2, 0.25) is 0 Å². The maximum atomic E-state index is 5.84. The molecule has 6 nitrogen and oxygen atoms in total. The fourth-order valence-corrected chi connectivity index (χ4v) is 1.66. The number of hydrogen-bond donors (Lipinski definition) is 1. The highest BCUT2D eigenvalue weighted by Crippen LogP contribution is 2.23. The quantitative estimate of drug-likeness (QED) is 0.836. The van der Waals surface area contributed by atoms with E-state index in [1.54, 1.807) is 10.9 Å². The van der Waals surface area contributed by atoms with Crippen molar-refractivity contribution in [2.24, 2.45) is 7.05 Å². The van der Waals surface area contributed by atoms with Crippen LogP contribution in [-0.2, 0) is 13.6 Å². The van der Waals surface area contributed by atoms with Crippen LogP contribution >= 0.6 is 0 Å². The van der Waals surface area contributed by atoms with Crippen molar-refractivity contribution in [2.45, 2.75) is 26.3 Å². The third kappa shape index (κ3) is 1.78. The second-order valence-corrected chi connectivity index (χ2v) is 3.74. The molecular weight excluding hydrogens is 204 g/mol. The Balaban J connectivity index is 2.39. The molecule has 0 aliphatic rings. The lowest BCUT2D eigenvalue weighted by Gasteiger charge is -2.06. The summed E-state index contributed by atoms with van der Waals surface area (Å²) in [5.74, 6) is 0.458. The lowest BCUT2D eigenvalue weighted by atomic mass is 10.3. The van der Waals surface area contributed by atoms with Gasteiger partial charge in [-0.3, -0.25) is 4.68 Å². The predicted molar refractivity (Wildman–Crippen MR) is 61.5 cm³/mol. The predicted octanol–water partition coefficient (Wildman–Crippen LogP) is 1.06. The van der Waals surface area contributed by atoms with Crippen LogP contribution in [0, 0.1) is 0 Å². The van der Waals surface area contributed by atoms with Crippen molar-refractivity contribution in [2.75, 3.05) is 5.73 Å². The van der Waals surface area contributed by atoms with Gasteiger partial charge in [-0.2, -0.15) is 5.10 Å². The van der Waals surface area contributed by atoms with Crippen LogP contribution in [0.25, 0.3) is 11.4 Å². The Bertz CT molecular complexity index is 469. The van der Waals surface area contributed by atoms with Crippen LogP contribution in [0.3, 0.4) is 0 Å². The van der Waals surface area contributed by atoms with Crippen LogP contribution in [0.5, 0.6) is 0 Å². The van der Waals surface area contributed by atoms with E-state index < -0.39 is 0 Å². The van der Waals surface area contributed by atoms with Crippen LogP contribution in [0.1, 0.15) is 19.8 Å². The first kappa shape index (κ1) is 10.7. The van der Waals surface area contributed by atoms with Crippen LogP contribution in [0.15, 0.2) is 12.3 Å². The topological polar surface area (TPSA) is 74.6 Å². The molecule has 86 valence electrons. The van der Waals surface area contributed by atoms with Crippen molar-refractivity contribution in [3.8, 4) is 11.4 Å². The molecule has 2 N–H and O–H groups in total. The highest BCUT2D eigenvalue weighted by Gasteiger charge is 2.14. The number of aromatic nitrogens is 5. The van der Waals surface area contributed by atoms with Crippen molar-refractivity contribution in [3.05, 3.63) is 12.3 Å². The summed E-state index contributed by atoms with van der Waals surface area (Å²) in [6.45, 7) is 2.98. The Labute approximate surface area is 94.1 Å². The molecule has 6 heteroatoms. The third-order valence-corrected chi connectivity index (χ3v) is 2.55. The first-order chi connectivity index (χ1) is 7.74. The average Bonchev–Trinajstić information content (AvgIpc) is 2.82. The number of nitrogens with two attached hydrogens (primary N) is 1. The number of nitrogen functional groups attached to an aromatic ring is 1. The Morgan fingerprint density at radius 2 is 2.25 bits per heavy atom. The van der Waals surface area contributed by atoms with Gasteiger partial charge < -0.3 is 5.73 Å². The lowest BCUT2D eigenvalue weighted by molar-refractivity contribution is 0.555. The van der Waals surface area contributed by atoms with E-state index in [1.165, 1.54) is 0 Å². The number of unbranched alkanes of at least 4 members (excludes halogenated alkanes) is 1. The molecule has 0 aromatic carbocycles. The van der Waals surface area contributed by atoms with Crippen molar-refractivity contribution >= 4 is 5.82 Å². The summed E-state index contributed by atoms with van der Waals surface area (Å²) in [7, 11) is 1.88. The Hall–Kier alpha value is -1.85. The molecule has 0 fully saturated rings. The third-order valence-electron chi connectivity index (χ3n) is 2.55. The minimum absolute atomic E-state index is 0.458. The number of rotatable bonds is 4. The Kier molecular flexibility index (Phi) is 2.89. The van der Waals surface area contributed by atoms with Gasteiger partial charge in [0.1, 0.15) is 5.69 Å². The van der Waals surface area contributed by atoms with E-state index in [0.29, 0.717) is 5.82 Å². The van der Waals surface area contributed by atoms with Crippen molar-refractivity contribution in [1.29, 1.82) is 0 Å². The zero-order valence-electron chi connectivity index (χ0n) is 9.59. The van der Waals surface area contributed by atoms with Crippen LogP contribution < -0.4 is 5.73 Å². The molecule has 0 spiro atoms. The molecule has 0 atom stereocenters. The lowest BCUT2D eigenvalue weighted by Crippen LogP contribution is -2.05. The van der Waals surface area contributed by atoms with Gasteiger partial charge >= 0.3 is 0 Å². The normalized spacial score (nSPS) is 10.9. The Morgan fingerprint density at radius 3 is 2.88 bits per heavy atom. The van der Waals surface area contributed by atoms with Gasteiger partial charge in [0.25, 0.3) is 0 Å². The molecule has 0 aliphatic carbocycles. The molecule has 0 saturated heterocycles. The summed E-state index contributed by atoms with van der Waals surface area (Å²) >= 11 is 0. The zero-order valence-corrected chi connectivity index (χ0v) is 9.59. The molecule has 0 amide bonds. The fourth-order valence-electron chi connectivity index (χ4n) is 1.66. The molecule has 0 radical (unpaired) electrons. The highest BCUT2D eigenvalue weighted by atomic mass is 15.5. The molecular formula is C10H16N6. The molecule has 2 rings (SSSR count). The van der Waals surface area contributed by atoms with Gasteiger partial charge in [-0.25, -0.2) is 4.68 Å². The van der Waals surface area contributed by atoms with E-state index in [0.717, 1.165) is 30.8 Å². The summed E-state index contributed by atoms with van der Waals surface area (Å²) in [5.41, 5.74) is 7.64. The molecule has 0 unspecified atom stereocenters. The van der Waals surface area contributed by atoms with Crippen LogP contribution in [0.4, 0.5) is 5.82 Å². The second kappa shape index (κ2) is 4.34. The van der Waals surface area contributed by atoms with E-state index >= 15 is 0 Å². The first-order valence-corrected chi connectivity index (χ1v) is 5.41. The summed E-state index contributed by atoms with van der Waals surface area (Å²) < 4.78 is 3.62. The van der Waals surface area contributed by atoms with Gasteiger partial charge in [-0.1, -0.05) is 18.6 Å². The molecule has 16 heavy (non-hydrogen) atoms. The van der Waals surface area contributed by atoms with Crippen molar-refractivity contribution in [1.82, 2.24) is 24.8 Å². The van der Waals surface area contributed by atoms with E-state index in [9.17, 15) is 0 Å². The summed E-state index contributed by atoms with van der Waals surface area (Å²) in [5, 5.41) is 12.1. The Morgan fingerprint density at radius 1 is 1.44 bits per heavy atom. The van der Waals surface area contributed by atoms with Crippen LogP contribution in [-0.4, -0.2) is 24.8 Å². The van der Waals surface area contributed by atoms with Gasteiger partial charge in [-0.05, 0) is 12.5 Å². The molecule has 0 bridgehead atoms. The smallest absolute Gasteiger partial charge is 0.175 e. The summed E-state index contributed by atoms with van der Waals surface area (Å²) in [4.78, 5) is 0. The van der Waals surface area contributed by atoms with Gasteiger partial charge in [0, 0.05) is 19.8 Å². The second-order valence-electron chi connectivity index (χ2n) is 3.74. The van der Waals surface area contributed by atoms with E-state index in [1.807, 2.05) is 17.8 Å². The zero-order chi connectivity index (χ0) is 11.5. The monoisotopic (exact) mass is 220 g/mol. The van der Waals surface area contributed by atoms with E-state index in [2.05, 4.69) is 22.3 Å². The highest BCUT2D eigenvalue weighted by molar-refractivity contribution is 5.66. The number of anilines is 1. The van der Waals surface area contributed by atoms with Crippen molar-refractivity contribution < 1.29 is 0 Å². The number of hydrogen-bond acceptors (Lipinski definition) is 4. The maximum Gasteiger partial charge on any atom is 0.175 e. The fraction of sp³-hybridized carbons (Fsp3) is 0.500. The minimum atomic E-state index is 0.458. The maximum absolute atomic E-state index is 5.84. The van der Waals surface area contributed by atoms with Gasteiger partial charge in [0.15, 0.2) is 5.82 Å². The summed E-state index contributed by atoms with van der Waals surface area (Å²) in [6.07, 6.45) is 3.92. The molecule has 0 aliphatic heterocycles. The minimum Gasteiger partial charge on any atom is -0.380 e. The van der Waals surface area contributed by atoms with Gasteiger partial charge in [0.05, 0.1) is 5.69 Å². The summed E-state index contributed by atoms with van der Waals surface area (Å²) in [6, 6.07) is 1.91. The number of nitrogens with zero attached hydrogens (tertiary/aromatic N) is 5. The largest absolute Gasteiger partial charge is 0.380 e.